The number of para-hydroxylation sites is 1. The lowest BCUT2D eigenvalue weighted by Crippen LogP contribution is -2.30. The monoisotopic (exact) mass is 240 g/mol. The molecule has 0 bridgehead atoms. The number of aliphatic hydroxyl groups excluding tert-OH is 1. The minimum absolute atomic E-state index is 0.0608. The van der Waals surface area contributed by atoms with Gasteiger partial charge < -0.3 is 26.4 Å². The molecule has 0 saturated carbocycles. The van der Waals surface area contributed by atoms with Gasteiger partial charge in [0.1, 0.15) is 0 Å². The molecule has 0 aliphatic heterocycles. The first kappa shape index (κ1) is 13.8. The molecule has 96 valence electrons. The molecule has 2 atom stereocenters. The third kappa shape index (κ3) is 3.33. The zero-order chi connectivity index (χ0) is 12.8. The van der Waals surface area contributed by atoms with E-state index >= 15 is 0 Å². The minimum Gasteiger partial charge on any atom is -0.504 e. The van der Waals surface area contributed by atoms with E-state index in [2.05, 4.69) is 0 Å². The Kier molecular flexibility index (Phi) is 5.21. The molecular weight excluding hydrogens is 220 g/mol. The van der Waals surface area contributed by atoms with Crippen molar-refractivity contribution >= 4 is 0 Å². The van der Waals surface area contributed by atoms with E-state index in [-0.39, 0.29) is 5.75 Å². The van der Waals surface area contributed by atoms with E-state index in [1.807, 2.05) is 6.92 Å². The maximum Gasteiger partial charge on any atom is 0.163 e. The van der Waals surface area contributed by atoms with Crippen LogP contribution in [0.25, 0.3) is 0 Å². The first-order chi connectivity index (χ1) is 8.11. The van der Waals surface area contributed by atoms with Crippen LogP contribution in [0.3, 0.4) is 0 Å². The van der Waals surface area contributed by atoms with Gasteiger partial charge in [-0.2, -0.15) is 0 Å². The molecule has 0 fully saturated rings. The molecule has 17 heavy (non-hydrogen) atoms. The van der Waals surface area contributed by atoms with Crippen molar-refractivity contribution in [1.29, 1.82) is 0 Å². The van der Waals surface area contributed by atoms with Gasteiger partial charge in [-0.3, -0.25) is 0 Å². The SMILES string of the molecule is CCOc1cccc(C(O)C(N)CCN)c1O. The second kappa shape index (κ2) is 6.44. The fraction of sp³-hybridized carbons (Fsp3) is 0.500. The van der Waals surface area contributed by atoms with Gasteiger partial charge in [-0.1, -0.05) is 12.1 Å². The van der Waals surface area contributed by atoms with Gasteiger partial charge in [-0.15, -0.1) is 0 Å². The standard InChI is InChI=1S/C12H20N2O3/c1-2-17-10-5-3-4-8(12(10)16)11(15)9(14)6-7-13/h3-5,9,11,15-16H,2,6-7,13-14H2,1H3. The van der Waals surface area contributed by atoms with E-state index in [0.717, 1.165) is 0 Å². The number of hydrogen-bond donors (Lipinski definition) is 4. The summed E-state index contributed by atoms with van der Waals surface area (Å²) in [6, 6.07) is 4.48. The smallest absolute Gasteiger partial charge is 0.163 e. The van der Waals surface area contributed by atoms with E-state index in [9.17, 15) is 10.2 Å². The molecule has 1 rings (SSSR count). The quantitative estimate of drug-likeness (QED) is 0.580. The van der Waals surface area contributed by atoms with Crippen LogP contribution in [0.15, 0.2) is 18.2 Å². The fourth-order valence-electron chi connectivity index (χ4n) is 1.63. The fourth-order valence-corrected chi connectivity index (χ4v) is 1.63. The van der Waals surface area contributed by atoms with Crippen LogP contribution in [-0.4, -0.2) is 29.4 Å². The molecule has 0 saturated heterocycles. The average molecular weight is 240 g/mol. The molecule has 2 unspecified atom stereocenters. The Labute approximate surface area is 101 Å². The lowest BCUT2D eigenvalue weighted by molar-refractivity contribution is 0.139. The Morgan fingerprint density at radius 1 is 1.41 bits per heavy atom. The van der Waals surface area contributed by atoms with E-state index < -0.39 is 12.1 Å². The maximum absolute atomic E-state index is 10.00. The summed E-state index contributed by atoms with van der Waals surface area (Å²) in [6.07, 6.45) is -0.460. The van der Waals surface area contributed by atoms with Crippen molar-refractivity contribution < 1.29 is 14.9 Å². The number of hydrogen-bond acceptors (Lipinski definition) is 5. The third-order valence-corrected chi connectivity index (χ3v) is 2.55. The summed E-state index contributed by atoms with van der Waals surface area (Å²) in [6.45, 7) is 2.66. The van der Waals surface area contributed by atoms with Crippen LogP contribution < -0.4 is 16.2 Å². The van der Waals surface area contributed by atoms with Crippen molar-refractivity contribution in [1.82, 2.24) is 0 Å². The Balaban J connectivity index is 2.93. The number of phenolic OH excluding ortho intramolecular Hbond substituents is 1. The molecule has 0 aliphatic rings. The van der Waals surface area contributed by atoms with Crippen molar-refractivity contribution in [2.24, 2.45) is 11.5 Å². The van der Waals surface area contributed by atoms with Gasteiger partial charge >= 0.3 is 0 Å². The van der Waals surface area contributed by atoms with E-state index in [1.54, 1.807) is 18.2 Å². The maximum atomic E-state index is 10.00. The minimum atomic E-state index is -0.945. The topological polar surface area (TPSA) is 102 Å². The normalized spacial score (nSPS) is 14.4. The van der Waals surface area contributed by atoms with Gasteiger partial charge in [0.2, 0.25) is 0 Å². The number of nitrogens with two attached hydrogens (primary N) is 2. The van der Waals surface area contributed by atoms with Crippen molar-refractivity contribution in [3.63, 3.8) is 0 Å². The number of aromatic hydroxyl groups is 1. The summed E-state index contributed by atoms with van der Waals surface area (Å²) in [7, 11) is 0. The molecule has 6 N–H and O–H groups in total. The molecule has 0 radical (unpaired) electrons. The van der Waals surface area contributed by atoms with Crippen molar-refractivity contribution in [3.8, 4) is 11.5 Å². The van der Waals surface area contributed by atoms with Crippen molar-refractivity contribution in [3.05, 3.63) is 23.8 Å². The average Bonchev–Trinajstić information content (AvgIpc) is 2.31. The molecule has 5 heteroatoms. The van der Waals surface area contributed by atoms with Gasteiger partial charge in [-0.05, 0) is 26.0 Å². The number of phenols is 1. The Morgan fingerprint density at radius 3 is 2.71 bits per heavy atom. The van der Waals surface area contributed by atoms with Gasteiger partial charge in [0.05, 0.1) is 12.7 Å². The van der Waals surface area contributed by atoms with Crippen LogP contribution in [-0.2, 0) is 0 Å². The number of aliphatic hydroxyl groups is 1. The second-order valence-corrected chi connectivity index (χ2v) is 3.81. The third-order valence-electron chi connectivity index (χ3n) is 2.55. The highest BCUT2D eigenvalue weighted by Crippen LogP contribution is 2.34. The molecule has 0 aliphatic carbocycles. The summed E-state index contributed by atoms with van der Waals surface area (Å²) in [4.78, 5) is 0. The summed E-state index contributed by atoms with van der Waals surface area (Å²) in [5.74, 6) is 0.290. The molecule has 1 aromatic carbocycles. The van der Waals surface area contributed by atoms with Crippen molar-refractivity contribution in [2.75, 3.05) is 13.2 Å². The predicted molar refractivity (Wildman–Crippen MR) is 65.9 cm³/mol. The number of benzene rings is 1. The largest absolute Gasteiger partial charge is 0.504 e. The molecule has 0 aromatic heterocycles. The van der Waals surface area contributed by atoms with Crippen LogP contribution in [0, 0.1) is 0 Å². The zero-order valence-corrected chi connectivity index (χ0v) is 9.97. The van der Waals surface area contributed by atoms with E-state index in [4.69, 9.17) is 16.2 Å². The van der Waals surface area contributed by atoms with Crippen molar-refractivity contribution in [2.45, 2.75) is 25.5 Å². The van der Waals surface area contributed by atoms with E-state index in [1.165, 1.54) is 0 Å². The summed E-state index contributed by atoms with van der Waals surface area (Å²) < 4.78 is 5.24. The summed E-state index contributed by atoms with van der Waals surface area (Å²) in [5.41, 5.74) is 11.5. The van der Waals surface area contributed by atoms with Crippen LogP contribution in [0.1, 0.15) is 25.0 Å². The molecule has 1 aromatic rings. The lowest BCUT2D eigenvalue weighted by atomic mass is 9.99. The first-order valence-electron chi connectivity index (χ1n) is 5.70. The highest BCUT2D eigenvalue weighted by Gasteiger charge is 2.21. The zero-order valence-electron chi connectivity index (χ0n) is 9.97. The lowest BCUT2D eigenvalue weighted by Gasteiger charge is -2.20. The van der Waals surface area contributed by atoms with Crippen LogP contribution in [0.4, 0.5) is 0 Å². The van der Waals surface area contributed by atoms with Gasteiger partial charge in [0, 0.05) is 11.6 Å². The Bertz CT molecular complexity index is 358. The van der Waals surface area contributed by atoms with Crippen LogP contribution >= 0.6 is 0 Å². The van der Waals surface area contributed by atoms with Gasteiger partial charge in [0.15, 0.2) is 11.5 Å². The molecule has 0 amide bonds. The Hall–Kier alpha value is -1.30. The Morgan fingerprint density at radius 2 is 2.12 bits per heavy atom. The number of ether oxygens (including phenoxy) is 1. The molecule has 0 spiro atoms. The summed E-state index contributed by atoms with van der Waals surface area (Å²) >= 11 is 0. The molecular formula is C12H20N2O3. The number of rotatable bonds is 6. The molecule has 0 heterocycles. The highest BCUT2D eigenvalue weighted by molar-refractivity contribution is 5.46. The van der Waals surface area contributed by atoms with Gasteiger partial charge in [0.25, 0.3) is 0 Å². The van der Waals surface area contributed by atoms with Crippen LogP contribution in [0.2, 0.25) is 0 Å². The highest BCUT2D eigenvalue weighted by atomic mass is 16.5. The predicted octanol–water partition coefficient (Wildman–Crippen LogP) is 0.500. The van der Waals surface area contributed by atoms with Crippen LogP contribution in [0.5, 0.6) is 11.5 Å². The van der Waals surface area contributed by atoms with Gasteiger partial charge in [-0.25, -0.2) is 0 Å². The van der Waals surface area contributed by atoms with E-state index in [0.29, 0.717) is 30.9 Å². The summed E-state index contributed by atoms with van der Waals surface area (Å²) in [5, 5.41) is 19.9. The first-order valence-corrected chi connectivity index (χ1v) is 5.70. The molecule has 5 nitrogen and oxygen atoms in total. The second-order valence-electron chi connectivity index (χ2n) is 3.81.